The summed E-state index contributed by atoms with van der Waals surface area (Å²) >= 11 is 0. The van der Waals surface area contributed by atoms with Gasteiger partial charge in [-0.25, -0.2) is 0 Å². The summed E-state index contributed by atoms with van der Waals surface area (Å²) in [5.74, 6) is 1.90. The Morgan fingerprint density at radius 1 is 1.04 bits per heavy atom. The lowest BCUT2D eigenvalue weighted by molar-refractivity contribution is 0.0947. The first-order valence-corrected chi connectivity index (χ1v) is 9.25. The normalized spacial score (nSPS) is 10.5. The molecule has 0 atom stereocenters. The van der Waals surface area contributed by atoms with E-state index in [4.69, 9.17) is 14.0 Å². The van der Waals surface area contributed by atoms with Crippen molar-refractivity contribution in [3.05, 3.63) is 77.2 Å². The highest BCUT2D eigenvalue weighted by molar-refractivity contribution is 5.96. The van der Waals surface area contributed by atoms with Gasteiger partial charge in [0.05, 0.1) is 23.4 Å². The molecule has 1 N–H and O–H groups in total. The average molecular weight is 380 g/mol. The summed E-state index contributed by atoms with van der Waals surface area (Å²) < 4.78 is 16.6. The third-order valence-corrected chi connectivity index (χ3v) is 4.30. The zero-order valence-electron chi connectivity index (χ0n) is 16.1. The van der Waals surface area contributed by atoms with Crippen molar-refractivity contribution in [1.29, 1.82) is 0 Å². The Kier molecular flexibility index (Phi) is 6.68. The number of ether oxygens (including phenoxy) is 2. The minimum absolute atomic E-state index is 0.172. The third kappa shape index (κ3) is 5.13. The van der Waals surface area contributed by atoms with E-state index in [2.05, 4.69) is 10.5 Å². The molecule has 0 spiro atoms. The second kappa shape index (κ2) is 9.60. The zero-order valence-corrected chi connectivity index (χ0v) is 16.1. The molecule has 1 aromatic heterocycles. The van der Waals surface area contributed by atoms with Crippen LogP contribution in [0, 0.1) is 13.8 Å². The first kappa shape index (κ1) is 19.5. The Hall–Kier alpha value is -3.28. The lowest BCUT2D eigenvalue weighted by Gasteiger charge is -2.12. The van der Waals surface area contributed by atoms with Crippen LogP contribution in [0.1, 0.15) is 33.8 Å². The summed E-state index contributed by atoms with van der Waals surface area (Å²) in [6.07, 6.45) is 0.711. The van der Waals surface area contributed by atoms with Crippen molar-refractivity contribution in [1.82, 2.24) is 10.5 Å². The zero-order chi connectivity index (χ0) is 19.8. The van der Waals surface area contributed by atoms with Crippen molar-refractivity contribution in [2.75, 3.05) is 13.2 Å². The number of amides is 1. The van der Waals surface area contributed by atoms with Gasteiger partial charge in [-0.05, 0) is 44.5 Å². The van der Waals surface area contributed by atoms with Crippen LogP contribution in [0.15, 0.2) is 59.1 Å². The van der Waals surface area contributed by atoms with E-state index in [1.807, 2.05) is 56.3 Å². The van der Waals surface area contributed by atoms with Crippen molar-refractivity contribution in [3.8, 4) is 11.5 Å². The lowest BCUT2D eigenvalue weighted by Crippen LogP contribution is -2.26. The monoisotopic (exact) mass is 380 g/mol. The van der Waals surface area contributed by atoms with Crippen molar-refractivity contribution >= 4 is 5.91 Å². The molecular weight excluding hydrogens is 356 g/mol. The van der Waals surface area contributed by atoms with Crippen molar-refractivity contribution in [2.45, 2.75) is 26.9 Å². The van der Waals surface area contributed by atoms with Gasteiger partial charge in [0.25, 0.3) is 5.91 Å². The molecule has 6 heteroatoms. The highest BCUT2D eigenvalue weighted by atomic mass is 16.5. The van der Waals surface area contributed by atoms with Crippen LogP contribution in [0.4, 0.5) is 0 Å². The number of nitrogens with zero attached hydrogens (tertiary/aromatic N) is 1. The molecule has 28 heavy (non-hydrogen) atoms. The van der Waals surface area contributed by atoms with Gasteiger partial charge in [-0.1, -0.05) is 35.5 Å². The average Bonchev–Trinajstić information content (AvgIpc) is 3.04. The van der Waals surface area contributed by atoms with Gasteiger partial charge in [-0.2, -0.15) is 0 Å². The molecule has 146 valence electrons. The first-order valence-electron chi connectivity index (χ1n) is 9.25. The fourth-order valence-electron chi connectivity index (χ4n) is 2.71. The van der Waals surface area contributed by atoms with E-state index in [0.717, 1.165) is 22.8 Å². The molecule has 0 saturated heterocycles. The molecule has 0 radical (unpaired) electrons. The predicted molar refractivity (Wildman–Crippen MR) is 106 cm³/mol. The van der Waals surface area contributed by atoms with Crippen LogP contribution in [0.25, 0.3) is 0 Å². The third-order valence-electron chi connectivity index (χ3n) is 4.30. The Morgan fingerprint density at radius 2 is 1.79 bits per heavy atom. The number of nitrogens with one attached hydrogen (secondary N) is 1. The molecule has 6 nitrogen and oxygen atoms in total. The second-order valence-electron chi connectivity index (χ2n) is 6.36. The number of carbonyl (C=O) groups excluding carboxylic acids is 1. The van der Waals surface area contributed by atoms with E-state index in [1.54, 1.807) is 12.1 Å². The lowest BCUT2D eigenvalue weighted by atomic mass is 10.1. The molecule has 0 bridgehead atoms. The number of hydrogen-bond donors (Lipinski definition) is 1. The summed E-state index contributed by atoms with van der Waals surface area (Å²) in [7, 11) is 0. The quantitative estimate of drug-likeness (QED) is 0.567. The number of aryl methyl sites for hydroxylation is 2. The van der Waals surface area contributed by atoms with Crippen LogP contribution < -0.4 is 14.8 Å². The van der Waals surface area contributed by atoms with E-state index in [-0.39, 0.29) is 5.91 Å². The highest BCUT2D eigenvalue weighted by Gasteiger charge is 2.14. The van der Waals surface area contributed by atoms with Crippen molar-refractivity contribution in [2.24, 2.45) is 0 Å². The molecule has 2 aromatic carbocycles. The van der Waals surface area contributed by atoms with Gasteiger partial charge in [0, 0.05) is 6.54 Å². The molecule has 0 unspecified atom stereocenters. The molecule has 0 aliphatic rings. The standard InChI is InChI=1S/C22H24N2O4/c1-16-20(17(2)28-24-16)15-27-21-12-7-6-11-19(21)22(25)23-13-8-14-26-18-9-4-3-5-10-18/h3-7,9-12H,8,13-15H2,1-2H3,(H,23,25). The number of hydrogen-bond acceptors (Lipinski definition) is 5. The van der Waals surface area contributed by atoms with Crippen LogP contribution in [0.3, 0.4) is 0 Å². The molecule has 0 aliphatic heterocycles. The number of para-hydroxylation sites is 2. The Labute approximate surface area is 164 Å². The highest BCUT2D eigenvalue weighted by Crippen LogP contribution is 2.21. The van der Waals surface area contributed by atoms with Gasteiger partial charge in [0.2, 0.25) is 0 Å². The van der Waals surface area contributed by atoms with Crippen LogP contribution in [0.2, 0.25) is 0 Å². The van der Waals surface area contributed by atoms with Gasteiger partial charge in [0.1, 0.15) is 23.9 Å². The number of aromatic nitrogens is 1. The van der Waals surface area contributed by atoms with Crippen LogP contribution in [-0.2, 0) is 6.61 Å². The molecule has 0 fully saturated rings. The molecule has 0 saturated carbocycles. The topological polar surface area (TPSA) is 73.6 Å². The van der Waals surface area contributed by atoms with E-state index < -0.39 is 0 Å². The van der Waals surface area contributed by atoms with Gasteiger partial charge < -0.3 is 19.3 Å². The fourth-order valence-corrected chi connectivity index (χ4v) is 2.71. The number of carbonyl (C=O) groups is 1. The first-order chi connectivity index (χ1) is 13.6. The van der Waals surface area contributed by atoms with Crippen LogP contribution in [-0.4, -0.2) is 24.2 Å². The summed E-state index contributed by atoms with van der Waals surface area (Å²) in [6.45, 7) is 5.06. The summed E-state index contributed by atoms with van der Waals surface area (Å²) in [5.41, 5.74) is 2.18. The maximum Gasteiger partial charge on any atom is 0.255 e. The second-order valence-corrected chi connectivity index (χ2v) is 6.36. The minimum atomic E-state index is -0.172. The molecule has 3 rings (SSSR count). The summed E-state index contributed by atoms with van der Waals surface area (Å²) in [4.78, 5) is 12.5. The van der Waals surface area contributed by atoms with E-state index in [0.29, 0.717) is 37.5 Å². The summed E-state index contributed by atoms with van der Waals surface area (Å²) in [6, 6.07) is 16.8. The SMILES string of the molecule is Cc1noc(C)c1COc1ccccc1C(=O)NCCCOc1ccccc1. The molecule has 1 amide bonds. The van der Waals surface area contributed by atoms with E-state index in [1.165, 1.54) is 0 Å². The maximum atomic E-state index is 12.5. The Balaban J connectivity index is 1.49. The Morgan fingerprint density at radius 3 is 2.54 bits per heavy atom. The van der Waals surface area contributed by atoms with Gasteiger partial charge >= 0.3 is 0 Å². The molecule has 0 aliphatic carbocycles. The van der Waals surface area contributed by atoms with E-state index >= 15 is 0 Å². The van der Waals surface area contributed by atoms with Gasteiger partial charge in [-0.3, -0.25) is 4.79 Å². The smallest absolute Gasteiger partial charge is 0.255 e. The molecular formula is C22H24N2O4. The van der Waals surface area contributed by atoms with Gasteiger partial charge in [0.15, 0.2) is 0 Å². The van der Waals surface area contributed by atoms with Crippen molar-refractivity contribution in [3.63, 3.8) is 0 Å². The largest absolute Gasteiger partial charge is 0.494 e. The fraction of sp³-hybridized carbons (Fsp3) is 0.273. The van der Waals surface area contributed by atoms with Crippen LogP contribution in [0.5, 0.6) is 11.5 Å². The molecule has 1 heterocycles. The van der Waals surface area contributed by atoms with Crippen LogP contribution >= 0.6 is 0 Å². The summed E-state index contributed by atoms with van der Waals surface area (Å²) in [5, 5.41) is 6.83. The Bertz CT molecular complexity index is 886. The van der Waals surface area contributed by atoms with E-state index in [9.17, 15) is 4.79 Å². The number of rotatable bonds is 9. The predicted octanol–water partition coefficient (Wildman–Crippen LogP) is 4.07. The van der Waals surface area contributed by atoms with Crippen molar-refractivity contribution < 1.29 is 18.8 Å². The number of benzene rings is 2. The minimum Gasteiger partial charge on any atom is -0.494 e. The molecule has 3 aromatic rings. The van der Waals surface area contributed by atoms with Gasteiger partial charge in [-0.15, -0.1) is 0 Å². The maximum absolute atomic E-state index is 12.5.